The molecular weight excluding hydrogens is 321 g/mol. The minimum Gasteiger partial charge on any atom is -0.380 e. The maximum atomic E-state index is 13.5. The summed E-state index contributed by atoms with van der Waals surface area (Å²) in [6, 6.07) is 5.28. The minimum absolute atomic E-state index is 0.161. The molecular formula is C16H25BrFNO. The molecule has 0 aromatic heterocycles. The SMILES string of the molecule is CCCNC(Cc1cc(F)cc(Br)c1)C(CCC)OC. The summed E-state index contributed by atoms with van der Waals surface area (Å²) in [6.45, 7) is 5.25. The molecule has 0 amide bonds. The van der Waals surface area contributed by atoms with Crippen LogP contribution in [0, 0.1) is 5.82 Å². The van der Waals surface area contributed by atoms with Gasteiger partial charge < -0.3 is 10.1 Å². The van der Waals surface area contributed by atoms with E-state index in [1.165, 1.54) is 6.07 Å². The molecule has 1 rings (SSSR count). The number of ether oxygens (including phenoxy) is 1. The molecule has 0 saturated carbocycles. The Morgan fingerprint density at radius 3 is 2.55 bits per heavy atom. The van der Waals surface area contributed by atoms with E-state index < -0.39 is 0 Å². The number of methoxy groups -OCH3 is 1. The van der Waals surface area contributed by atoms with Crippen molar-refractivity contribution in [2.75, 3.05) is 13.7 Å². The molecule has 0 heterocycles. The minimum atomic E-state index is -0.201. The van der Waals surface area contributed by atoms with E-state index in [0.717, 1.165) is 42.3 Å². The largest absolute Gasteiger partial charge is 0.380 e. The van der Waals surface area contributed by atoms with E-state index in [1.807, 2.05) is 6.07 Å². The summed E-state index contributed by atoms with van der Waals surface area (Å²) in [7, 11) is 1.75. The Labute approximate surface area is 130 Å². The van der Waals surface area contributed by atoms with Gasteiger partial charge in [-0.1, -0.05) is 36.2 Å². The van der Waals surface area contributed by atoms with Crippen molar-refractivity contribution in [1.29, 1.82) is 0 Å². The van der Waals surface area contributed by atoms with E-state index in [4.69, 9.17) is 4.74 Å². The van der Waals surface area contributed by atoms with Gasteiger partial charge in [0, 0.05) is 17.6 Å². The van der Waals surface area contributed by atoms with Crippen molar-refractivity contribution in [3.8, 4) is 0 Å². The monoisotopic (exact) mass is 345 g/mol. The summed E-state index contributed by atoms with van der Waals surface area (Å²) in [5.41, 5.74) is 0.989. The first-order valence-corrected chi connectivity index (χ1v) is 8.11. The van der Waals surface area contributed by atoms with Gasteiger partial charge in [-0.15, -0.1) is 0 Å². The summed E-state index contributed by atoms with van der Waals surface area (Å²) in [5.74, 6) is -0.201. The van der Waals surface area contributed by atoms with Gasteiger partial charge in [0.25, 0.3) is 0 Å². The van der Waals surface area contributed by atoms with Crippen LogP contribution in [-0.2, 0) is 11.2 Å². The predicted octanol–water partition coefficient (Wildman–Crippen LogP) is 4.31. The Kier molecular flexibility index (Phi) is 8.34. The molecule has 1 N–H and O–H groups in total. The molecule has 0 fully saturated rings. The molecule has 4 heteroatoms. The Morgan fingerprint density at radius 1 is 1.25 bits per heavy atom. The third-order valence-electron chi connectivity index (χ3n) is 3.36. The van der Waals surface area contributed by atoms with Crippen LogP contribution in [0.3, 0.4) is 0 Å². The van der Waals surface area contributed by atoms with Gasteiger partial charge in [0.1, 0.15) is 5.82 Å². The van der Waals surface area contributed by atoms with E-state index in [0.29, 0.717) is 0 Å². The number of nitrogens with one attached hydrogen (secondary N) is 1. The zero-order valence-corrected chi connectivity index (χ0v) is 14.2. The van der Waals surface area contributed by atoms with Crippen LogP contribution in [0.4, 0.5) is 4.39 Å². The summed E-state index contributed by atoms with van der Waals surface area (Å²) in [4.78, 5) is 0. The lowest BCUT2D eigenvalue weighted by Gasteiger charge is -2.27. The molecule has 1 aromatic carbocycles. The van der Waals surface area contributed by atoms with Crippen molar-refractivity contribution in [3.05, 3.63) is 34.1 Å². The Balaban J connectivity index is 2.81. The Bertz CT molecular complexity index is 380. The fraction of sp³-hybridized carbons (Fsp3) is 0.625. The zero-order valence-electron chi connectivity index (χ0n) is 12.6. The first kappa shape index (κ1) is 17.6. The summed E-state index contributed by atoms with van der Waals surface area (Å²) in [5, 5.41) is 3.53. The van der Waals surface area contributed by atoms with E-state index >= 15 is 0 Å². The molecule has 114 valence electrons. The highest BCUT2D eigenvalue weighted by Crippen LogP contribution is 2.18. The van der Waals surface area contributed by atoms with E-state index in [-0.39, 0.29) is 18.0 Å². The summed E-state index contributed by atoms with van der Waals surface area (Å²) in [6.07, 6.45) is 4.10. The highest BCUT2D eigenvalue weighted by Gasteiger charge is 2.20. The number of halogens is 2. The number of rotatable bonds is 9. The highest BCUT2D eigenvalue weighted by atomic mass is 79.9. The quantitative estimate of drug-likeness (QED) is 0.719. The third kappa shape index (κ3) is 5.90. The lowest BCUT2D eigenvalue weighted by molar-refractivity contribution is 0.0609. The van der Waals surface area contributed by atoms with Crippen molar-refractivity contribution in [2.45, 2.75) is 51.7 Å². The predicted molar refractivity (Wildman–Crippen MR) is 85.6 cm³/mol. The molecule has 2 unspecified atom stereocenters. The number of benzene rings is 1. The van der Waals surface area contributed by atoms with Gasteiger partial charge in [0.2, 0.25) is 0 Å². The fourth-order valence-electron chi connectivity index (χ4n) is 2.42. The first-order valence-electron chi connectivity index (χ1n) is 7.31. The zero-order chi connectivity index (χ0) is 15.0. The van der Waals surface area contributed by atoms with E-state index in [9.17, 15) is 4.39 Å². The molecule has 2 nitrogen and oxygen atoms in total. The smallest absolute Gasteiger partial charge is 0.124 e. The second kappa shape index (κ2) is 9.48. The molecule has 0 aliphatic heterocycles. The molecule has 0 bridgehead atoms. The number of hydrogen-bond acceptors (Lipinski definition) is 2. The molecule has 0 spiro atoms. The van der Waals surface area contributed by atoms with Crippen molar-refractivity contribution < 1.29 is 9.13 Å². The van der Waals surface area contributed by atoms with Crippen LogP contribution in [0.15, 0.2) is 22.7 Å². The van der Waals surface area contributed by atoms with Crippen LogP contribution >= 0.6 is 15.9 Å². The molecule has 2 atom stereocenters. The topological polar surface area (TPSA) is 21.3 Å². The van der Waals surface area contributed by atoms with Crippen molar-refractivity contribution in [2.24, 2.45) is 0 Å². The van der Waals surface area contributed by atoms with Gasteiger partial charge in [0.15, 0.2) is 0 Å². The lowest BCUT2D eigenvalue weighted by Crippen LogP contribution is -2.43. The van der Waals surface area contributed by atoms with Gasteiger partial charge in [-0.05, 0) is 49.6 Å². The molecule has 0 radical (unpaired) electrons. The van der Waals surface area contributed by atoms with Crippen LogP contribution in [0.2, 0.25) is 0 Å². The van der Waals surface area contributed by atoms with Gasteiger partial charge in [-0.3, -0.25) is 0 Å². The van der Waals surface area contributed by atoms with Crippen molar-refractivity contribution >= 4 is 15.9 Å². The third-order valence-corrected chi connectivity index (χ3v) is 3.82. The van der Waals surface area contributed by atoms with Gasteiger partial charge in [0.05, 0.1) is 6.10 Å². The second-order valence-corrected chi connectivity index (χ2v) is 6.02. The van der Waals surface area contributed by atoms with Gasteiger partial charge in [-0.2, -0.15) is 0 Å². The average Bonchev–Trinajstić information content (AvgIpc) is 2.40. The second-order valence-electron chi connectivity index (χ2n) is 5.11. The average molecular weight is 346 g/mol. The maximum Gasteiger partial charge on any atom is 0.124 e. The van der Waals surface area contributed by atoms with Gasteiger partial charge >= 0.3 is 0 Å². The normalized spacial score (nSPS) is 14.2. The molecule has 20 heavy (non-hydrogen) atoms. The number of hydrogen-bond donors (Lipinski definition) is 1. The van der Waals surface area contributed by atoms with Crippen LogP contribution < -0.4 is 5.32 Å². The van der Waals surface area contributed by atoms with Crippen molar-refractivity contribution in [1.82, 2.24) is 5.32 Å². The van der Waals surface area contributed by atoms with E-state index in [1.54, 1.807) is 13.2 Å². The summed E-state index contributed by atoms with van der Waals surface area (Å²) >= 11 is 3.35. The van der Waals surface area contributed by atoms with Crippen LogP contribution in [-0.4, -0.2) is 25.8 Å². The van der Waals surface area contributed by atoms with Crippen molar-refractivity contribution in [3.63, 3.8) is 0 Å². The lowest BCUT2D eigenvalue weighted by atomic mass is 9.98. The van der Waals surface area contributed by atoms with Crippen LogP contribution in [0.25, 0.3) is 0 Å². The fourth-order valence-corrected chi connectivity index (χ4v) is 2.93. The van der Waals surface area contributed by atoms with Gasteiger partial charge in [-0.25, -0.2) is 4.39 Å². The molecule has 0 aliphatic rings. The van der Waals surface area contributed by atoms with Crippen LogP contribution in [0.5, 0.6) is 0 Å². The maximum absolute atomic E-state index is 13.5. The van der Waals surface area contributed by atoms with E-state index in [2.05, 4.69) is 35.1 Å². The van der Waals surface area contributed by atoms with Crippen LogP contribution in [0.1, 0.15) is 38.7 Å². The standard InChI is InChI=1S/C16H25BrFNO/c1-4-6-16(20-3)15(19-7-5-2)10-12-8-13(17)11-14(18)9-12/h8-9,11,15-16,19H,4-7,10H2,1-3H3. The highest BCUT2D eigenvalue weighted by molar-refractivity contribution is 9.10. The Morgan fingerprint density at radius 2 is 2.00 bits per heavy atom. The summed E-state index contributed by atoms with van der Waals surface area (Å²) < 4.78 is 19.9. The molecule has 1 aromatic rings. The Hall–Kier alpha value is -0.450. The first-order chi connectivity index (χ1) is 9.60. The molecule has 0 saturated heterocycles. The molecule has 0 aliphatic carbocycles.